The first-order chi connectivity index (χ1) is 8.25. The van der Waals surface area contributed by atoms with Crippen LogP contribution < -0.4 is 10.5 Å². The number of hydrogen-bond donors (Lipinski definition) is 2. The van der Waals surface area contributed by atoms with Crippen molar-refractivity contribution in [2.24, 2.45) is 5.73 Å². The van der Waals surface area contributed by atoms with Gasteiger partial charge in [0.05, 0.1) is 17.6 Å². The van der Waals surface area contributed by atoms with Gasteiger partial charge in [0.1, 0.15) is 0 Å². The molecule has 0 aromatic heterocycles. The lowest BCUT2D eigenvalue weighted by atomic mass is 10.00. The summed E-state index contributed by atoms with van der Waals surface area (Å²) in [6.45, 7) is 1.27. The average molecular weight is 294 g/mol. The minimum Gasteiger partial charge on any atom is -0.468 e. The fourth-order valence-corrected chi connectivity index (χ4v) is 3.74. The van der Waals surface area contributed by atoms with E-state index in [1.807, 2.05) is 0 Å². The highest BCUT2D eigenvalue weighted by molar-refractivity contribution is 7.91. The van der Waals surface area contributed by atoms with Gasteiger partial charge in [-0.05, 0) is 19.8 Å². The number of carbonyl (C=O) groups excluding carboxylic acids is 1. The third-order valence-corrected chi connectivity index (χ3v) is 5.45. The third kappa shape index (κ3) is 2.99. The topological polar surface area (TPSA) is 98.5 Å². The van der Waals surface area contributed by atoms with Gasteiger partial charge in [-0.25, -0.2) is 13.1 Å². The molecule has 0 aliphatic heterocycles. The van der Waals surface area contributed by atoms with Crippen LogP contribution in [0.25, 0.3) is 0 Å². The van der Waals surface area contributed by atoms with Crippen LogP contribution in [0.15, 0.2) is 0 Å². The van der Waals surface area contributed by atoms with Crippen LogP contribution >= 0.6 is 12.2 Å². The monoisotopic (exact) mass is 294 g/mol. The molecule has 1 saturated carbocycles. The van der Waals surface area contributed by atoms with E-state index >= 15 is 0 Å². The highest BCUT2D eigenvalue weighted by Crippen LogP contribution is 2.31. The standard InChI is InChI=1S/C10H18N2O4S2/c1-7(8(13)16-2)18(14,15)12-10(9(11)17)5-3-4-6-10/h7,12H,3-6H2,1-2H3,(H2,11,17). The zero-order chi connectivity index (χ0) is 14.0. The molecule has 6 nitrogen and oxygen atoms in total. The van der Waals surface area contributed by atoms with Crippen molar-refractivity contribution >= 4 is 33.2 Å². The second kappa shape index (κ2) is 5.50. The Kier molecular flexibility index (Phi) is 4.68. The third-order valence-electron chi connectivity index (χ3n) is 3.26. The molecule has 0 bridgehead atoms. The normalized spacial score (nSPS) is 20.3. The summed E-state index contributed by atoms with van der Waals surface area (Å²) in [6, 6.07) is 0. The highest BCUT2D eigenvalue weighted by atomic mass is 32.2. The molecule has 1 unspecified atom stereocenters. The Morgan fingerprint density at radius 3 is 2.33 bits per heavy atom. The predicted octanol–water partition coefficient (Wildman–Crippen LogP) is 0.0662. The lowest BCUT2D eigenvalue weighted by Gasteiger charge is -2.29. The van der Waals surface area contributed by atoms with E-state index in [1.165, 1.54) is 6.92 Å². The molecule has 0 heterocycles. The maximum Gasteiger partial charge on any atom is 0.325 e. The van der Waals surface area contributed by atoms with Crippen molar-refractivity contribution in [2.75, 3.05) is 7.11 Å². The smallest absolute Gasteiger partial charge is 0.325 e. The molecule has 0 amide bonds. The van der Waals surface area contributed by atoms with Crippen LogP contribution in [0.1, 0.15) is 32.6 Å². The molecule has 1 fully saturated rings. The lowest BCUT2D eigenvalue weighted by molar-refractivity contribution is -0.139. The van der Waals surface area contributed by atoms with Gasteiger partial charge in [0.15, 0.2) is 5.25 Å². The SMILES string of the molecule is COC(=O)C(C)S(=O)(=O)NC1(C(N)=S)CCCC1. The first-order valence-corrected chi connectivity index (χ1v) is 7.61. The highest BCUT2D eigenvalue weighted by Gasteiger charge is 2.43. The molecule has 0 aromatic rings. The molecule has 3 N–H and O–H groups in total. The second-order valence-corrected chi connectivity index (χ2v) is 6.91. The number of nitrogens with two attached hydrogens (primary N) is 1. The van der Waals surface area contributed by atoms with Crippen LogP contribution in [0.3, 0.4) is 0 Å². The quantitative estimate of drug-likeness (QED) is 0.550. The van der Waals surface area contributed by atoms with Gasteiger partial charge in [-0.1, -0.05) is 25.1 Å². The van der Waals surface area contributed by atoms with Crippen LogP contribution in [0.2, 0.25) is 0 Å². The van der Waals surface area contributed by atoms with Gasteiger partial charge in [0, 0.05) is 0 Å². The van der Waals surface area contributed by atoms with E-state index in [0.29, 0.717) is 12.8 Å². The van der Waals surface area contributed by atoms with Crippen molar-refractivity contribution in [3.63, 3.8) is 0 Å². The Hall–Kier alpha value is -0.730. The van der Waals surface area contributed by atoms with Crippen molar-refractivity contribution in [2.45, 2.75) is 43.4 Å². The van der Waals surface area contributed by atoms with Gasteiger partial charge in [-0.15, -0.1) is 0 Å². The Balaban J connectivity index is 2.94. The van der Waals surface area contributed by atoms with E-state index in [2.05, 4.69) is 9.46 Å². The lowest BCUT2D eigenvalue weighted by Crippen LogP contribution is -2.57. The molecule has 0 aromatic carbocycles. The van der Waals surface area contributed by atoms with E-state index in [-0.39, 0.29) is 4.99 Å². The fraction of sp³-hybridized carbons (Fsp3) is 0.800. The Morgan fingerprint density at radius 2 is 1.94 bits per heavy atom. The largest absolute Gasteiger partial charge is 0.468 e. The van der Waals surface area contributed by atoms with Crippen LogP contribution in [0, 0.1) is 0 Å². The van der Waals surface area contributed by atoms with Crippen molar-refractivity contribution in [3.8, 4) is 0 Å². The number of thiocarbonyl (C=S) groups is 1. The van der Waals surface area contributed by atoms with Gasteiger partial charge < -0.3 is 10.5 Å². The van der Waals surface area contributed by atoms with E-state index in [1.54, 1.807) is 0 Å². The van der Waals surface area contributed by atoms with Crippen LogP contribution in [0.4, 0.5) is 0 Å². The molecule has 18 heavy (non-hydrogen) atoms. The molecular weight excluding hydrogens is 276 g/mol. The maximum absolute atomic E-state index is 12.1. The molecule has 1 aliphatic carbocycles. The first-order valence-electron chi connectivity index (χ1n) is 5.66. The summed E-state index contributed by atoms with van der Waals surface area (Å²) < 4.78 is 31.1. The number of sulfonamides is 1. The Labute approximate surface area is 112 Å². The van der Waals surface area contributed by atoms with Crippen molar-refractivity contribution in [3.05, 3.63) is 0 Å². The number of hydrogen-bond acceptors (Lipinski definition) is 5. The Morgan fingerprint density at radius 1 is 1.44 bits per heavy atom. The number of ether oxygens (including phenoxy) is 1. The van der Waals surface area contributed by atoms with E-state index < -0.39 is 26.8 Å². The molecular formula is C10H18N2O4S2. The minimum atomic E-state index is -3.85. The summed E-state index contributed by atoms with van der Waals surface area (Å²) in [4.78, 5) is 11.4. The summed E-state index contributed by atoms with van der Waals surface area (Å²) in [5.41, 5.74) is 4.74. The van der Waals surface area contributed by atoms with E-state index in [4.69, 9.17) is 18.0 Å². The number of esters is 1. The van der Waals surface area contributed by atoms with Crippen molar-refractivity contribution in [1.29, 1.82) is 0 Å². The van der Waals surface area contributed by atoms with Gasteiger partial charge in [0.2, 0.25) is 10.0 Å². The minimum absolute atomic E-state index is 0.126. The molecule has 1 atom stereocenters. The van der Waals surface area contributed by atoms with Crippen LogP contribution in [0.5, 0.6) is 0 Å². The zero-order valence-electron chi connectivity index (χ0n) is 10.4. The summed E-state index contributed by atoms with van der Waals surface area (Å²) in [6.07, 6.45) is 2.84. The zero-order valence-corrected chi connectivity index (χ0v) is 12.1. The Bertz CT molecular complexity index is 441. The van der Waals surface area contributed by atoms with Crippen molar-refractivity contribution < 1.29 is 17.9 Å². The molecule has 8 heteroatoms. The molecule has 104 valence electrons. The van der Waals surface area contributed by atoms with Crippen molar-refractivity contribution in [1.82, 2.24) is 4.72 Å². The number of methoxy groups -OCH3 is 1. The predicted molar refractivity (Wildman–Crippen MR) is 71.5 cm³/mol. The fourth-order valence-electron chi connectivity index (χ4n) is 2.03. The van der Waals surface area contributed by atoms with Gasteiger partial charge in [-0.3, -0.25) is 4.79 Å². The maximum atomic E-state index is 12.1. The summed E-state index contributed by atoms with van der Waals surface area (Å²) in [5, 5.41) is -1.28. The van der Waals surface area contributed by atoms with E-state index in [9.17, 15) is 13.2 Å². The average Bonchev–Trinajstić information content (AvgIpc) is 2.76. The summed E-state index contributed by atoms with van der Waals surface area (Å²) in [7, 11) is -2.70. The second-order valence-electron chi connectivity index (χ2n) is 4.47. The van der Waals surface area contributed by atoms with Gasteiger partial charge >= 0.3 is 5.97 Å². The number of carbonyl (C=O) groups is 1. The summed E-state index contributed by atoms with van der Waals surface area (Å²) >= 11 is 4.95. The van der Waals surface area contributed by atoms with Crippen LogP contribution in [-0.4, -0.2) is 37.3 Å². The number of nitrogens with one attached hydrogen (secondary N) is 1. The van der Waals surface area contributed by atoms with Gasteiger partial charge in [-0.2, -0.15) is 0 Å². The van der Waals surface area contributed by atoms with Gasteiger partial charge in [0.25, 0.3) is 0 Å². The molecule has 0 spiro atoms. The first kappa shape index (κ1) is 15.3. The summed E-state index contributed by atoms with van der Waals surface area (Å²) in [5.74, 6) is -0.807. The molecule has 1 rings (SSSR count). The molecule has 1 aliphatic rings. The molecule has 0 saturated heterocycles. The van der Waals surface area contributed by atoms with E-state index in [0.717, 1.165) is 20.0 Å². The number of rotatable bonds is 5. The van der Waals surface area contributed by atoms with Crippen LogP contribution in [-0.2, 0) is 19.6 Å². The molecule has 0 radical (unpaired) electrons.